The Kier molecular flexibility index (Phi) is 5.38. The number of rotatable bonds is 5. The van der Waals surface area contributed by atoms with Gasteiger partial charge in [0.25, 0.3) is 0 Å². The number of carbonyl (C=O) groups excluding carboxylic acids is 1. The predicted octanol–water partition coefficient (Wildman–Crippen LogP) is 5.03. The lowest BCUT2D eigenvalue weighted by Crippen LogP contribution is -2.06. The quantitative estimate of drug-likeness (QED) is 0.533. The second-order valence-electron chi connectivity index (χ2n) is 5.75. The Hall–Kier alpha value is -1.37. The molecule has 1 atom stereocenters. The molecule has 0 aliphatic heterocycles. The van der Waals surface area contributed by atoms with Crippen molar-refractivity contribution in [3.05, 3.63) is 48.0 Å². The van der Waals surface area contributed by atoms with Gasteiger partial charge in [0.1, 0.15) is 0 Å². The van der Waals surface area contributed by atoms with E-state index in [1.54, 1.807) is 0 Å². The maximum atomic E-state index is 12.1. The van der Waals surface area contributed by atoms with Crippen LogP contribution in [0.3, 0.4) is 0 Å². The standard InChI is InChI=1S/C18H24O/c1-15(12-13-16-8-4-2-5-9-16)14-18(19)17-10-6-3-7-11-17/h3,6-7,10-13,15-16H,2,4-5,8-9,14H2,1H3/b13-12+/t15-/m1/s1. The van der Waals surface area contributed by atoms with Gasteiger partial charge in [-0.2, -0.15) is 0 Å². The first-order valence-corrected chi connectivity index (χ1v) is 7.52. The molecule has 0 N–H and O–H groups in total. The Labute approximate surface area is 116 Å². The molecular formula is C18H24O. The molecule has 1 saturated carbocycles. The van der Waals surface area contributed by atoms with E-state index in [2.05, 4.69) is 19.1 Å². The van der Waals surface area contributed by atoms with Crippen LogP contribution < -0.4 is 0 Å². The van der Waals surface area contributed by atoms with Crippen molar-refractivity contribution < 1.29 is 4.79 Å². The Bertz CT molecular complexity index is 413. The van der Waals surface area contributed by atoms with E-state index < -0.39 is 0 Å². The minimum absolute atomic E-state index is 0.251. The zero-order chi connectivity index (χ0) is 13.5. The molecule has 0 spiro atoms. The highest BCUT2D eigenvalue weighted by molar-refractivity contribution is 5.96. The number of hydrogen-bond donors (Lipinski definition) is 0. The maximum Gasteiger partial charge on any atom is 0.163 e. The first-order chi connectivity index (χ1) is 9.25. The predicted molar refractivity (Wildman–Crippen MR) is 80.3 cm³/mol. The second-order valence-corrected chi connectivity index (χ2v) is 5.75. The third kappa shape index (κ3) is 4.66. The second kappa shape index (κ2) is 7.28. The van der Waals surface area contributed by atoms with Crippen LogP contribution in [-0.4, -0.2) is 5.78 Å². The molecule has 2 rings (SSSR count). The van der Waals surface area contributed by atoms with Gasteiger partial charge in [0, 0.05) is 12.0 Å². The molecule has 1 nitrogen and oxygen atoms in total. The van der Waals surface area contributed by atoms with Gasteiger partial charge in [-0.1, -0.05) is 68.7 Å². The van der Waals surface area contributed by atoms with Gasteiger partial charge in [-0.25, -0.2) is 0 Å². The summed E-state index contributed by atoms with van der Waals surface area (Å²) in [6.07, 6.45) is 12.0. The fourth-order valence-corrected chi connectivity index (χ4v) is 2.78. The van der Waals surface area contributed by atoms with Crippen LogP contribution in [0.2, 0.25) is 0 Å². The summed E-state index contributed by atoms with van der Waals surface area (Å²) in [5, 5.41) is 0. The molecule has 1 fully saturated rings. The summed E-state index contributed by atoms with van der Waals surface area (Å²) in [6, 6.07) is 9.61. The van der Waals surface area contributed by atoms with Crippen LogP contribution >= 0.6 is 0 Å². The molecule has 0 saturated heterocycles. The van der Waals surface area contributed by atoms with Gasteiger partial charge < -0.3 is 0 Å². The average molecular weight is 256 g/mol. The van der Waals surface area contributed by atoms with Gasteiger partial charge >= 0.3 is 0 Å². The highest BCUT2D eigenvalue weighted by atomic mass is 16.1. The van der Waals surface area contributed by atoms with E-state index in [4.69, 9.17) is 0 Å². The number of carbonyl (C=O) groups is 1. The van der Waals surface area contributed by atoms with Gasteiger partial charge in [-0.15, -0.1) is 0 Å². The average Bonchev–Trinajstić information content (AvgIpc) is 2.47. The van der Waals surface area contributed by atoms with Gasteiger partial charge in [-0.3, -0.25) is 4.79 Å². The zero-order valence-corrected chi connectivity index (χ0v) is 11.8. The SMILES string of the molecule is C[C@H](/C=C/C1CCCCC1)CC(=O)c1ccccc1. The molecule has 1 aliphatic carbocycles. The molecule has 0 unspecified atom stereocenters. The van der Waals surface area contributed by atoms with Crippen LogP contribution in [0.25, 0.3) is 0 Å². The van der Waals surface area contributed by atoms with Crippen LogP contribution in [-0.2, 0) is 0 Å². The van der Waals surface area contributed by atoms with Gasteiger partial charge in [-0.05, 0) is 24.7 Å². The van der Waals surface area contributed by atoms with Crippen LogP contribution in [0.4, 0.5) is 0 Å². The molecular weight excluding hydrogens is 232 g/mol. The third-order valence-electron chi connectivity index (χ3n) is 3.96. The van der Waals surface area contributed by atoms with Crippen LogP contribution in [0.15, 0.2) is 42.5 Å². The molecule has 0 amide bonds. The molecule has 1 aromatic carbocycles. The van der Waals surface area contributed by atoms with Crippen LogP contribution in [0.1, 0.15) is 55.8 Å². The zero-order valence-electron chi connectivity index (χ0n) is 11.8. The molecule has 0 radical (unpaired) electrons. The molecule has 0 aromatic heterocycles. The molecule has 1 aliphatic rings. The summed E-state index contributed by atoms with van der Waals surface area (Å²) in [6.45, 7) is 2.14. The van der Waals surface area contributed by atoms with E-state index in [1.165, 1.54) is 32.1 Å². The molecule has 1 aromatic rings. The largest absolute Gasteiger partial charge is 0.294 e. The van der Waals surface area contributed by atoms with Crippen molar-refractivity contribution in [2.24, 2.45) is 11.8 Å². The van der Waals surface area contributed by atoms with Crippen molar-refractivity contribution in [3.8, 4) is 0 Å². The van der Waals surface area contributed by atoms with Crippen LogP contribution in [0, 0.1) is 11.8 Å². The van der Waals surface area contributed by atoms with Gasteiger partial charge in [0.2, 0.25) is 0 Å². The Morgan fingerprint density at radius 1 is 1.21 bits per heavy atom. The minimum atomic E-state index is 0.251. The van der Waals surface area contributed by atoms with E-state index in [1.807, 2.05) is 30.3 Å². The number of allylic oxidation sites excluding steroid dienone is 2. The van der Waals surface area contributed by atoms with Crippen molar-refractivity contribution in [3.63, 3.8) is 0 Å². The Morgan fingerprint density at radius 2 is 1.89 bits per heavy atom. The van der Waals surface area contributed by atoms with E-state index in [-0.39, 0.29) is 5.78 Å². The van der Waals surface area contributed by atoms with E-state index in [0.29, 0.717) is 12.3 Å². The normalized spacial score (nSPS) is 18.6. The highest BCUT2D eigenvalue weighted by Gasteiger charge is 2.12. The first kappa shape index (κ1) is 14.0. The van der Waals surface area contributed by atoms with E-state index in [9.17, 15) is 4.79 Å². The summed E-state index contributed by atoms with van der Waals surface area (Å²) >= 11 is 0. The third-order valence-corrected chi connectivity index (χ3v) is 3.96. The minimum Gasteiger partial charge on any atom is -0.294 e. The molecule has 102 valence electrons. The lowest BCUT2D eigenvalue weighted by atomic mass is 9.88. The molecule has 0 bridgehead atoms. The highest BCUT2D eigenvalue weighted by Crippen LogP contribution is 2.25. The number of hydrogen-bond acceptors (Lipinski definition) is 1. The number of benzene rings is 1. The molecule has 1 heteroatoms. The topological polar surface area (TPSA) is 17.1 Å². The summed E-state index contributed by atoms with van der Waals surface area (Å²) in [5.41, 5.74) is 0.834. The first-order valence-electron chi connectivity index (χ1n) is 7.52. The monoisotopic (exact) mass is 256 g/mol. The van der Waals surface area contributed by atoms with Crippen molar-refractivity contribution in [1.29, 1.82) is 0 Å². The smallest absolute Gasteiger partial charge is 0.163 e. The summed E-state index contributed by atoms with van der Waals surface area (Å²) < 4.78 is 0. The lowest BCUT2D eigenvalue weighted by Gasteiger charge is -2.18. The summed E-state index contributed by atoms with van der Waals surface area (Å²) in [4.78, 5) is 12.1. The Balaban J connectivity index is 1.82. The van der Waals surface area contributed by atoms with Crippen molar-refractivity contribution in [2.45, 2.75) is 45.4 Å². The Morgan fingerprint density at radius 3 is 2.58 bits per heavy atom. The lowest BCUT2D eigenvalue weighted by molar-refractivity contribution is 0.0972. The van der Waals surface area contributed by atoms with Crippen molar-refractivity contribution >= 4 is 5.78 Å². The summed E-state index contributed by atoms with van der Waals surface area (Å²) in [7, 11) is 0. The fourth-order valence-electron chi connectivity index (χ4n) is 2.78. The molecule has 0 heterocycles. The molecule has 19 heavy (non-hydrogen) atoms. The van der Waals surface area contributed by atoms with Crippen LogP contribution in [0.5, 0.6) is 0 Å². The van der Waals surface area contributed by atoms with Crippen molar-refractivity contribution in [2.75, 3.05) is 0 Å². The number of ketones is 1. The summed E-state index contributed by atoms with van der Waals surface area (Å²) in [5.74, 6) is 1.35. The maximum absolute atomic E-state index is 12.1. The van der Waals surface area contributed by atoms with E-state index >= 15 is 0 Å². The van der Waals surface area contributed by atoms with Gasteiger partial charge in [0.15, 0.2) is 5.78 Å². The van der Waals surface area contributed by atoms with Crippen molar-refractivity contribution in [1.82, 2.24) is 0 Å². The fraction of sp³-hybridized carbons (Fsp3) is 0.500. The van der Waals surface area contributed by atoms with E-state index in [0.717, 1.165) is 11.5 Å². The van der Waals surface area contributed by atoms with Gasteiger partial charge in [0.05, 0.1) is 0 Å². The number of Topliss-reactive ketones (excluding diaryl/α,β-unsaturated/α-hetero) is 1.